The minimum Gasteiger partial charge on any atom is -0.370 e. The van der Waals surface area contributed by atoms with Crippen LogP contribution >= 0.6 is 0 Å². The van der Waals surface area contributed by atoms with E-state index >= 15 is 0 Å². The Morgan fingerprint density at radius 1 is 1.44 bits per heavy atom. The second-order valence-electron chi connectivity index (χ2n) is 1.85. The van der Waals surface area contributed by atoms with Crippen molar-refractivity contribution in [1.29, 1.82) is 0 Å². The van der Waals surface area contributed by atoms with Gasteiger partial charge in [0, 0.05) is 6.92 Å². The second-order valence-corrected chi connectivity index (χ2v) is 1.85. The second kappa shape index (κ2) is 10.4. The summed E-state index contributed by atoms with van der Waals surface area (Å²) in [4.78, 5) is 9.22. The Morgan fingerprint density at radius 3 is 1.44 bits per heavy atom. The van der Waals surface area contributed by atoms with E-state index in [-0.39, 0.29) is 13.3 Å². The quantitative estimate of drug-likeness (QED) is 0.506. The molecule has 0 aliphatic carbocycles. The van der Waals surface area contributed by atoms with Gasteiger partial charge in [0.1, 0.15) is 0 Å². The molecule has 0 fully saturated rings. The van der Waals surface area contributed by atoms with Crippen LogP contribution in [0.4, 0.5) is 0 Å². The Hall–Kier alpha value is -0.570. The average molecular weight is 134 g/mol. The van der Waals surface area contributed by atoms with Crippen molar-refractivity contribution in [2.45, 2.75) is 34.2 Å². The van der Waals surface area contributed by atoms with Crippen LogP contribution < -0.4 is 11.5 Å². The highest BCUT2D eigenvalue weighted by atomic mass is 16.1. The van der Waals surface area contributed by atoms with Gasteiger partial charge in [-0.3, -0.25) is 4.79 Å². The van der Waals surface area contributed by atoms with Gasteiger partial charge in [0.25, 0.3) is 0 Å². The molecule has 0 saturated heterocycles. The lowest BCUT2D eigenvalue weighted by Gasteiger charge is -1.81. The molecular formula is C6H18N2O. The van der Waals surface area contributed by atoms with Crippen LogP contribution in [-0.2, 0) is 4.79 Å². The number of rotatable bonds is 0. The maximum absolute atomic E-state index is 9.22. The molecule has 0 aliphatic rings. The molecule has 0 unspecified atom stereocenters. The molecule has 3 nitrogen and oxygen atoms in total. The molecule has 0 aromatic heterocycles. The zero-order valence-electron chi connectivity index (χ0n) is 5.64. The molecule has 0 rings (SSSR count). The van der Waals surface area contributed by atoms with Gasteiger partial charge in [0.2, 0.25) is 5.91 Å². The van der Waals surface area contributed by atoms with Gasteiger partial charge in [-0.1, -0.05) is 21.3 Å². The fraction of sp³-hybridized carbons (Fsp3) is 0.833. The lowest BCUT2D eigenvalue weighted by molar-refractivity contribution is -0.115. The first-order chi connectivity index (χ1) is 3.46. The van der Waals surface area contributed by atoms with E-state index in [1.807, 2.05) is 13.8 Å². The van der Waals surface area contributed by atoms with E-state index < -0.39 is 0 Å². The van der Waals surface area contributed by atoms with Crippen molar-refractivity contribution < 1.29 is 4.79 Å². The summed E-state index contributed by atoms with van der Waals surface area (Å²) in [6.45, 7) is 5.19. The maximum Gasteiger partial charge on any atom is 0.214 e. The highest BCUT2D eigenvalue weighted by Crippen LogP contribution is 1.58. The molecule has 0 heterocycles. The number of carbonyl (C=O) groups is 1. The summed E-state index contributed by atoms with van der Waals surface area (Å²) in [5.74, 6) is -0.333. The summed E-state index contributed by atoms with van der Waals surface area (Å²) >= 11 is 0. The zero-order chi connectivity index (χ0) is 7.15. The average Bonchev–Trinajstić information content (AvgIpc) is 1.25. The highest BCUT2D eigenvalue weighted by Gasteiger charge is 1.67. The molecule has 1 amide bonds. The highest BCUT2D eigenvalue weighted by molar-refractivity contribution is 5.70. The molecule has 0 bridgehead atoms. The first-order valence-corrected chi connectivity index (χ1v) is 2.48. The van der Waals surface area contributed by atoms with Crippen molar-refractivity contribution in [2.75, 3.05) is 0 Å². The SMILES string of the molecule is C.CC(C)N.CC(N)=O. The Kier molecular flexibility index (Phi) is 18.3. The Bertz CT molecular complexity index is 55.3. The molecule has 0 aromatic carbocycles. The van der Waals surface area contributed by atoms with E-state index in [1.54, 1.807) is 0 Å². The smallest absolute Gasteiger partial charge is 0.214 e. The van der Waals surface area contributed by atoms with Crippen LogP contribution in [0.5, 0.6) is 0 Å². The third kappa shape index (κ3) is 674. The summed E-state index contributed by atoms with van der Waals surface area (Å²) < 4.78 is 0. The molecule has 0 atom stereocenters. The summed E-state index contributed by atoms with van der Waals surface area (Å²) in [6.07, 6.45) is 0. The van der Waals surface area contributed by atoms with Gasteiger partial charge in [0.05, 0.1) is 0 Å². The lowest BCUT2D eigenvalue weighted by atomic mass is 10.5. The van der Waals surface area contributed by atoms with Crippen molar-refractivity contribution in [2.24, 2.45) is 11.5 Å². The number of carbonyl (C=O) groups excluding carboxylic acids is 1. The first kappa shape index (κ1) is 15.8. The largest absolute Gasteiger partial charge is 0.370 e. The van der Waals surface area contributed by atoms with Crippen LogP contribution in [0.2, 0.25) is 0 Å². The van der Waals surface area contributed by atoms with Crippen molar-refractivity contribution in [1.82, 2.24) is 0 Å². The molecule has 0 saturated carbocycles. The molecular weight excluding hydrogens is 116 g/mol. The van der Waals surface area contributed by atoms with Crippen LogP contribution in [0.3, 0.4) is 0 Å². The number of amides is 1. The van der Waals surface area contributed by atoms with Crippen LogP contribution in [0.15, 0.2) is 0 Å². The summed E-state index contributed by atoms with van der Waals surface area (Å²) in [5, 5.41) is 0. The van der Waals surface area contributed by atoms with Gasteiger partial charge in [0.15, 0.2) is 0 Å². The predicted octanol–water partition coefficient (Wildman–Crippen LogP) is 0.481. The molecule has 0 spiro atoms. The van der Waals surface area contributed by atoms with Crippen LogP contribution in [0.1, 0.15) is 28.2 Å². The topological polar surface area (TPSA) is 69.1 Å². The summed E-state index contributed by atoms with van der Waals surface area (Å²) in [7, 11) is 0. The normalized spacial score (nSPS) is 6.78. The van der Waals surface area contributed by atoms with Crippen LogP contribution in [-0.4, -0.2) is 11.9 Å². The summed E-state index contributed by atoms with van der Waals surface area (Å²) in [6, 6.07) is 0.333. The monoisotopic (exact) mass is 134 g/mol. The minimum atomic E-state index is -0.333. The Balaban J connectivity index is -0.0000000720. The van der Waals surface area contributed by atoms with Crippen molar-refractivity contribution in [3.05, 3.63) is 0 Å². The van der Waals surface area contributed by atoms with Crippen molar-refractivity contribution >= 4 is 5.91 Å². The Morgan fingerprint density at radius 2 is 1.44 bits per heavy atom. The van der Waals surface area contributed by atoms with Crippen molar-refractivity contribution in [3.8, 4) is 0 Å². The fourth-order valence-electron chi connectivity index (χ4n) is 0. The zero-order valence-corrected chi connectivity index (χ0v) is 5.64. The van der Waals surface area contributed by atoms with E-state index in [2.05, 4.69) is 5.73 Å². The predicted molar refractivity (Wildman–Crippen MR) is 40.9 cm³/mol. The fourth-order valence-corrected chi connectivity index (χ4v) is 0. The standard InChI is InChI=1S/C3H9N.C2H5NO.CH4/c1-3(2)4;1-2(3)4;/h3H,4H2,1-2H3;1H3,(H2,3,4);1H4. The van der Waals surface area contributed by atoms with E-state index in [4.69, 9.17) is 5.73 Å². The first-order valence-electron chi connectivity index (χ1n) is 2.48. The van der Waals surface area contributed by atoms with E-state index in [1.165, 1.54) is 6.92 Å². The van der Waals surface area contributed by atoms with Gasteiger partial charge >= 0.3 is 0 Å². The van der Waals surface area contributed by atoms with Gasteiger partial charge in [-0.05, 0) is 6.04 Å². The number of nitrogens with two attached hydrogens (primary N) is 2. The molecule has 58 valence electrons. The third-order valence-corrected chi connectivity index (χ3v) is 0. The van der Waals surface area contributed by atoms with E-state index in [0.29, 0.717) is 6.04 Å². The van der Waals surface area contributed by atoms with E-state index in [0.717, 1.165) is 0 Å². The van der Waals surface area contributed by atoms with Gasteiger partial charge in [-0.25, -0.2) is 0 Å². The van der Waals surface area contributed by atoms with Gasteiger partial charge < -0.3 is 11.5 Å². The van der Waals surface area contributed by atoms with Crippen LogP contribution in [0, 0.1) is 0 Å². The van der Waals surface area contributed by atoms with Crippen LogP contribution in [0.25, 0.3) is 0 Å². The van der Waals surface area contributed by atoms with Crippen molar-refractivity contribution in [3.63, 3.8) is 0 Å². The molecule has 9 heavy (non-hydrogen) atoms. The Labute approximate surface area is 57.4 Å². The molecule has 3 heteroatoms. The van der Waals surface area contributed by atoms with Gasteiger partial charge in [-0.2, -0.15) is 0 Å². The molecule has 4 N–H and O–H groups in total. The number of hydrogen-bond acceptors (Lipinski definition) is 2. The summed E-state index contributed by atoms with van der Waals surface area (Å²) in [5.41, 5.74) is 9.58. The molecule has 0 aliphatic heterocycles. The van der Waals surface area contributed by atoms with Gasteiger partial charge in [-0.15, -0.1) is 0 Å². The molecule has 0 aromatic rings. The maximum atomic E-state index is 9.22. The third-order valence-electron chi connectivity index (χ3n) is 0. The number of primary amides is 1. The lowest BCUT2D eigenvalue weighted by Crippen LogP contribution is -2.06. The van der Waals surface area contributed by atoms with E-state index in [9.17, 15) is 4.79 Å². The molecule has 0 radical (unpaired) electrons. The number of hydrogen-bond donors (Lipinski definition) is 2. The minimum absolute atomic E-state index is 0.